The highest BCUT2D eigenvalue weighted by Crippen LogP contribution is 2.16. The van der Waals surface area contributed by atoms with E-state index in [-0.39, 0.29) is 30.1 Å². The molecular weight excluding hydrogens is 480 g/mol. The van der Waals surface area contributed by atoms with Crippen LogP contribution in [0.2, 0.25) is 0 Å². The molecule has 0 heterocycles. The fraction of sp³-hybridized carbons (Fsp3) is 0.400. The van der Waals surface area contributed by atoms with Crippen molar-refractivity contribution in [2.24, 2.45) is 0 Å². The van der Waals surface area contributed by atoms with Gasteiger partial charge in [-0.2, -0.15) is 0 Å². The summed E-state index contributed by atoms with van der Waals surface area (Å²) in [4.78, 5) is 0. The zero-order valence-electron chi connectivity index (χ0n) is 34.9. The molecular formula is C40H56. The smallest absolute Gasteiger partial charge is 0.0590 e. The normalized spacial score (nSPS) is 13.2. The molecule has 4 aromatic carbocycles. The molecule has 0 aromatic heterocycles. The van der Waals surface area contributed by atoms with Gasteiger partial charge in [0.1, 0.15) is 0 Å². The van der Waals surface area contributed by atoms with E-state index in [1.54, 1.807) is 6.92 Å². The van der Waals surface area contributed by atoms with Gasteiger partial charge in [0.25, 0.3) is 0 Å². The van der Waals surface area contributed by atoms with Gasteiger partial charge in [-0.3, -0.25) is 0 Å². The highest BCUT2D eigenvalue weighted by Gasteiger charge is 1.97. The van der Waals surface area contributed by atoms with Crippen molar-refractivity contribution in [1.82, 2.24) is 0 Å². The van der Waals surface area contributed by atoms with Gasteiger partial charge in [-0.05, 0) is 73.6 Å². The molecule has 0 heteroatoms. The number of rotatable bonds is 4. The summed E-state index contributed by atoms with van der Waals surface area (Å²) in [5.41, 5.74) is 7.37. The van der Waals surface area contributed by atoms with E-state index in [1.807, 2.05) is 65.8 Å². The maximum Gasteiger partial charge on any atom is 0.0626 e. The van der Waals surface area contributed by atoms with E-state index < -0.39 is 0 Å². The van der Waals surface area contributed by atoms with Gasteiger partial charge < -0.3 is 0 Å². The minimum absolute atomic E-state index is 0.0174. The first-order chi connectivity index (χ1) is 22.1. The van der Waals surface area contributed by atoms with E-state index in [2.05, 4.69) is 58.9 Å². The lowest BCUT2D eigenvalue weighted by atomic mass is 10.0. The zero-order valence-corrected chi connectivity index (χ0v) is 26.9. The van der Waals surface area contributed by atoms with Crippen LogP contribution < -0.4 is 0 Å². The number of hydrogen-bond donors (Lipinski definition) is 0. The van der Waals surface area contributed by atoms with Gasteiger partial charge in [0.2, 0.25) is 0 Å². The Morgan fingerprint density at radius 2 is 0.650 bits per heavy atom. The van der Waals surface area contributed by atoms with E-state index >= 15 is 0 Å². The molecule has 0 aliphatic heterocycles. The lowest BCUT2D eigenvalue weighted by molar-refractivity contribution is 0.866. The highest BCUT2D eigenvalue weighted by molar-refractivity contribution is 5.25. The van der Waals surface area contributed by atoms with Crippen molar-refractivity contribution in [2.45, 2.75) is 107 Å². The van der Waals surface area contributed by atoms with Crippen molar-refractivity contribution in [3.8, 4) is 0 Å². The largest absolute Gasteiger partial charge is 0.0626 e. The van der Waals surface area contributed by atoms with Crippen LogP contribution in [0.1, 0.15) is 135 Å². The van der Waals surface area contributed by atoms with Gasteiger partial charge in [-0.15, -0.1) is 0 Å². The summed E-state index contributed by atoms with van der Waals surface area (Å²) in [5, 5.41) is 0. The summed E-state index contributed by atoms with van der Waals surface area (Å²) in [7, 11) is 0. The summed E-state index contributed by atoms with van der Waals surface area (Å²) >= 11 is 0. The maximum atomic E-state index is 7.71. The van der Waals surface area contributed by atoms with Gasteiger partial charge in [-0.1, -0.05) is 175 Å². The Hall–Kier alpha value is -3.12. The van der Waals surface area contributed by atoms with Gasteiger partial charge >= 0.3 is 0 Å². The molecule has 0 fully saturated rings. The van der Waals surface area contributed by atoms with Crippen LogP contribution in [0, 0.1) is 27.7 Å². The Morgan fingerprint density at radius 1 is 0.325 bits per heavy atom. The summed E-state index contributed by atoms with van der Waals surface area (Å²) in [6.07, 6.45) is 0. The predicted octanol–water partition coefficient (Wildman–Crippen LogP) is 12.5. The first-order valence-corrected chi connectivity index (χ1v) is 14.4. The van der Waals surface area contributed by atoms with E-state index in [9.17, 15) is 0 Å². The molecule has 0 saturated carbocycles. The maximum absolute atomic E-state index is 7.71. The van der Waals surface area contributed by atoms with Crippen LogP contribution in [-0.4, -0.2) is 0 Å². The third-order valence-corrected chi connectivity index (χ3v) is 6.21. The quantitative estimate of drug-likeness (QED) is 0.240. The van der Waals surface area contributed by atoms with Crippen LogP contribution >= 0.6 is 0 Å². The Labute approximate surface area is 259 Å². The Morgan fingerprint density at radius 3 is 1.10 bits per heavy atom. The molecule has 0 unspecified atom stereocenters. The van der Waals surface area contributed by atoms with Crippen molar-refractivity contribution in [2.75, 3.05) is 0 Å². The van der Waals surface area contributed by atoms with Crippen molar-refractivity contribution < 1.29 is 11.0 Å². The van der Waals surface area contributed by atoms with E-state index in [1.165, 1.54) is 11.1 Å². The van der Waals surface area contributed by atoms with Crippen LogP contribution in [-0.2, 0) is 0 Å². The predicted molar refractivity (Wildman–Crippen MR) is 181 cm³/mol. The van der Waals surface area contributed by atoms with Gasteiger partial charge in [0.15, 0.2) is 0 Å². The van der Waals surface area contributed by atoms with Crippen LogP contribution in [0.15, 0.2) is 96.9 Å². The molecule has 0 atom stereocenters. The number of benzene rings is 4. The van der Waals surface area contributed by atoms with Crippen LogP contribution in [0.5, 0.6) is 0 Å². The SMILES string of the molecule is Cc1ccc(C(C)C)cc1.[2H]c1c(C)ccc(C(C)C)c1[2H].[2H]c1c([2H])c(C(C)C)c([2H])c([2H])c1C.[2H]c1cc(C(C)C)cc([2H])c1C. The Balaban J connectivity index is 0.000000322. The molecule has 216 valence electrons. The molecule has 0 aliphatic carbocycles. The van der Waals surface area contributed by atoms with Crippen molar-refractivity contribution in [1.29, 1.82) is 0 Å². The second-order valence-electron chi connectivity index (χ2n) is 11.5. The first-order valence-electron chi connectivity index (χ1n) is 18.4. The number of aryl methyl sites for hydroxylation is 2. The molecule has 40 heavy (non-hydrogen) atoms. The molecule has 4 aromatic rings. The van der Waals surface area contributed by atoms with Crippen LogP contribution in [0.3, 0.4) is 0 Å². The van der Waals surface area contributed by atoms with Crippen LogP contribution in [0.4, 0.5) is 0 Å². The summed E-state index contributed by atoms with van der Waals surface area (Å²) in [6.45, 7) is 23.8. The minimum Gasteiger partial charge on any atom is -0.0590 e. The molecule has 0 spiro atoms. The molecule has 0 aliphatic rings. The van der Waals surface area contributed by atoms with E-state index in [4.69, 9.17) is 11.0 Å². The van der Waals surface area contributed by atoms with Gasteiger partial charge in [0, 0.05) is 0 Å². The monoisotopic (exact) mass is 544 g/mol. The second kappa shape index (κ2) is 18.3. The first kappa shape index (κ1) is 23.6. The second-order valence-corrected chi connectivity index (χ2v) is 11.5. The molecule has 0 saturated heterocycles. The standard InChI is InChI=1S/4C10H14/c4*1-8(2)10-6-4-9(3)5-7-10/h4*4-8H,1-3H3/i4D,5D,6D,7D;4D,6D;4D,5D;. The van der Waals surface area contributed by atoms with Gasteiger partial charge in [0.05, 0.1) is 11.0 Å². The van der Waals surface area contributed by atoms with Crippen molar-refractivity contribution >= 4 is 0 Å². The van der Waals surface area contributed by atoms with Gasteiger partial charge in [-0.25, -0.2) is 0 Å². The molecule has 0 amide bonds. The number of hydrogen-bond acceptors (Lipinski definition) is 0. The van der Waals surface area contributed by atoms with E-state index in [0.717, 1.165) is 22.3 Å². The van der Waals surface area contributed by atoms with E-state index in [0.29, 0.717) is 53.1 Å². The molecule has 0 nitrogen and oxygen atoms in total. The summed E-state index contributed by atoms with van der Waals surface area (Å²) in [6, 6.07) is 18.3. The Kier molecular flexibility index (Phi) is 10.8. The zero-order chi connectivity index (χ0) is 37.2. The average molecular weight is 545 g/mol. The fourth-order valence-corrected chi connectivity index (χ4v) is 3.23. The molecule has 0 bridgehead atoms. The van der Waals surface area contributed by atoms with Crippen molar-refractivity contribution in [3.63, 3.8) is 0 Å². The fourth-order valence-electron chi connectivity index (χ4n) is 3.23. The third kappa shape index (κ3) is 14.3. The van der Waals surface area contributed by atoms with Crippen molar-refractivity contribution in [3.05, 3.63) is 141 Å². The Bertz CT molecular complexity index is 1580. The lowest BCUT2D eigenvalue weighted by Gasteiger charge is -2.03. The van der Waals surface area contributed by atoms with Crippen LogP contribution in [0.25, 0.3) is 0 Å². The minimum atomic E-state index is 0.0174. The summed E-state index contributed by atoms with van der Waals surface area (Å²) in [5.74, 6) is 1.41. The highest BCUT2D eigenvalue weighted by atomic mass is 14.0. The molecule has 0 radical (unpaired) electrons. The third-order valence-electron chi connectivity index (χ3n) is 6.21. The summed E-state index contributed by atoms with van der Waals surface area (Å²) < 4.78 is 61.1. The average Bonchev–Trinajstić information content (AvgIpc) is 3.01. The topological polar surface area (TPSA) is 0 Å². The lowest BCUT2D eigenvalue weighted by Crippen LogP contribution is -1.85. The molecule has 4 rings (SSSR count). The molecule has 0 N–H and O–H groups in total.